The Balaban J connectivity index is 2.17. The van der Waals surface area contributed by atoms with Gasteiger partial charge in [0.15, 0.2) is 11.6 Å². The van der Waals surface area contributed by atoms with E-state index in [0.29, 0.717) is 19.1 Å². The monoisotopic (exact) mass is 266 g/mol. The molecule has 1 aromatic heterocycles. The number of hydrogen-bond acceptors (Lipinski definition) is 4. The normalized spacial score (nSPS) is 19.8. The number of nitrogen functional groups attached to an aromatic ring is 1. The predicted octanol–water partition coefficient (Wildman–Crippen LogP) is 0.969. The molecular formula is C13H19FN4O. The highest BCUT2D eigenvalue weighted by Gasteiger charge is 2.27. The number of piperidine rings is 1. The molecule has 0 saturated carbocycles. The molecule has 0 spiro atoms. The fourth-order valence-corrected chi connectivity index (χ4v) is 2.36. The molecule has 0 aromatic carbocycles. The first-order chi connectivity index (χ1) is 9.00. The van der Waals surface area contributed by atoms with Crippen molar-refractivity contribution in [1.29, 1.82) is 0 Å². The molecule has 0 aliphatic carbocycles. The molecule has 0 bridgehead atoms. The van der Waals surface area contributed by atoms with Gasteiger partial charge in [-0.2, -0.15) is 0 Å². The summed E-state index contributed by atoms with van der Waals surface area (Å²) in [4.78, 5) is 19.7. The topological polar surface area (TPSA) is 62.5 Å². The van der Waals surface area contributed by atoms with Gasteiger partial charge in [-0.1, -0.05) is 0 Å². The van der Waals surface area contributed by atoms with Gasteiger partial charge in [0.05, 0.1) is 5.56 Å². The molecule has 1 aromatic rings. The van der Waals surface area contributed by atoms with Crippen LogP contribution in [0.5, 0.6) is 0 Å². The number of likely N-dealkylation sites (N-methyl/N-ethyl adjacent to an activating group) is 1. The number of nitrogens with two attached hydrogens (primary N) is 1. The third-order valence-corrected chi connectivity index (χ3v) is 3.56. The van der Waals surface area contributed by atoms with Gasteiger partial charge >= 0.3 is 0 Å². The number of carbonyl (C=O) groups is 1. The summed E-state index contributed by atoms with van der Waals surface area (Å²) in [6.07, 6.45) is 3.34. The number of carbonyl (C=O) groups excluding carboxylic acids is 1. The Labute approximate surface area is 112 Å². The quantitative estimate of drug-likeness (QED) is 0.866. The highest BCUT2D eigenvalue weighted by Crippen LogP contribution is 2.19. The van der Waals surface area contributed by atoms with Gasteiger partial charge in [0, 0.05) is 25.3 Å². The maximum atomic E-state index is 13.8. The van der Waals surface area contributed by atoms with Crippen molar-refractivity contribution < 1.29 is 9.18 Å². The lowest BCUT2D eigenvalue weighted by Crippen LogP contribution is -2.47. The lowest BCUT2D eigenvalue weighted by Gasteiger charge is -2.36. The maximum Gasteiger partial charge on any atom is 0.257 e. The third kappa shape index (κ3) is 2.84. The smallest absolute Gasteiger partial charge is 0.257 e. The van der Waals surface area contributed by atoms with E-state index >= 15 is 0 Å². The highest BCUT2D eigenvalue weighted by atomic mass is 19.1. The van der Waals surface area contributed by atoms with Gasteiger partial charge in [-0.3, -0.25) is 4.79 Å². The summed E-state index contributed by atoms with van der Waals surface area (Å²) in [6.45, 7) is 1.28. The molecule has 104 valence electrons. The van der Waals surface area contributed by atoms with Crippen LogP contribution in [0.15, 0.2) is 12.3 Å². The summed E-state index contributed by atoms with van der Waals surface area (Å²) in [7, 11) is 3.98. The number of amides is 1. The predicted molar refractivity (Wildman–Crippen MR) is 71.2 cm³/mol. The van der Waals surface area contributed by atoms with Crippen LogP contribution in [0.1, 0.15) is 23.2 Å². The van der Waals surface area contributed by atoms with Crippen LogP contribution < -0.4 is 5.73 Å². The first-order valence-corrected chi connectivity index (χ1v) is 6.36. The summed E-state index contributed by atoms with van der Waals surface area (Å²) in [5.74, 6) is -1.26. The molecule has 1 aliphatic rings. The molecule has 6 heteroatoms. The van der Waals surface area contributed by atoms with Crippen molar-refractivity contribution in [2.75, 3.05) is 32.9 Å². The van der Waals surface area contributed by atoms with Gasteiger partial charge in [0.1, 0.15) is 0 Å². The number of aromatic nitrogens is 1. The Morgan fingerprint density at radius 2 is 2.32 bits per heavy atom. The van der Waals surface area contributed by atoms with Crippen molar-refractivity contribution in [2.45, 2.75) is 18.9 Å². The van der Waals surface area contributed by atoms with E-state index < -0.39 is 5.82 Å². The molecule has 1 aliphatic heterocycles. The average molecular weight is 266 g/mol. The van der Waals surface area contributed by atoms with Crippen LogP contribution >= 0.6 is 0 Å². The molecule has 1 atom stereocenters. The van der Waals surface area contributed by atoms with Crippen LogP contribution in [0.3, 0.4) is 0 Å². The minimum atomic E-state index is -0.723. The van der Waals surface area contributed by atoms with E-state index in [1.807, 2.05) is 14.1 Å². The molecular weight excluding hydrogens is 247 g/mol. The van der Waals surface area contributed by atoms with Crippen molar-refractivity contribution in [3.8, 4) is 0 Å². The van der Waals surface area contributed by atoms with Crippen LogP contribution in [0, 0.1) is 5.82 Å². The second kappa shape index (κ2) is 5.52. The molecule has 1 amide bonds. The minimum absolute atomic E-state index is 0.00639. The van der Waals surface area contributed by atoms with Crippen molar-refractivity contribution >= 4 is 11.7 Å². The first-order valence-electron chi connectivity index (χ1n) is 6.36. The molecule has 0 radical (unpaired) electrons. The second-order valence-electron chi connectivity index (χ2n) is 5.07. The van der Waals surface area contributed by atoms with Gasteiger partial charge in [-0.05, 0) is 33.0 Å². The van der Waals surface area contributed by atoms with Crippen LogP contribution in [-0.4, -0.2) is 53.9 Å². The van der Waals surface area contributed by atoms with E-state index in [1.165, 1.54) is 12.3 Å². The lowest BCUT2D eigenvalue weighted by molar-refractivity contribution is 0.0630. The van der Waals surface area contributed by atoms with Crippen molar-refractivity contribution in [2.24, 2.45) is 0 Å². The average Bonchev–Trinajstić information content (AvgIpc) is 2.41. The second-order valence-corrected chi connectivity index (χ2v) is 5.07. The fourth-order valence-electron chi connectivity index (χ4n) is 2.36. The van der Waals surface area contributed by atoms with Gasteiger partial charge in [0.25, 0.3) is 5.91 Å². The standard InChI is InChI=1S/C13H19FN4O/c1-17(2)9-4-3-7-18(8-9)13(19)10-5-6-16-12(15)11(10)14/h5-6,9H,3-4,7-8H2,1-2H3,(H2,15,16). The largest absolute Gasteiger partial charge is 0.381 e. The van der Waals surface area contributed by atoms with E-state index in [2.05, 4.69) is 9.88 Å². The molecule has 1 saturated heterocycles. The van der Waals surface area contributed by atoms with Crippen molar-refractivity contribution in [1.82, 2.24) is 14.8 Å². The van der Waals surface area contributed by atoms with Gasteiger partial charge in [0.2, 0.25) is 0 Å². The Morgan fingerprint density at radius 3 is 3.00 bits per heavy atom. The number of anilines is 1. The maximum absolute atomic E-state index is 13.8. The van der Waals surface area contributed by atoms with Gasteiger partial charge in [-0.25, -0.2) is 9.37 Å². The van der Waals surface area contributed by atoms with E-state index in [1.54, 1.807) is 4.90 Å². The van der Waals surface area contributed by atoms with Crippen LogP contribution in [0.25, 0.3) is 0 Å². The number of hydrogen-bond donors (Lipinski definition) is 1. The molecule has 1 unspecified atom stereocenters. The summed E-state index contributed by atoms with van der Waals surface area (Å²) < 4.78 is 13.8. The highest BCUT2D eigenvalue weighted by molar-refractivity contribution is 5.95. The lowest BCUT2D eigenvalue weighted by atomic mass is 10.0. The van der Waals surface area contributed by atoms with Crippen LogP contribution in [0.2, 0.25) is 0 Å². The summed E-state index contributed by atoms with van der Waals surface area (Å²) in [5, 5.41) is 0. The van der Waals surface area contributed by atoms with Crippen molar-refractivity contribution in [3.63, 3.8) is 0 Å². The molecule has 2 N–H and O–H groups in total. The molecule has 1 fully saturated rings. The Kier molecular flexibility index (Phi) is 3.99. The number of halogens is 1. The Hall–Kier alpha value is -1.69. The van der Waals surface area contributed by atoms with Crippen LogP contribution in [-0.2, 0) is 0 Å². The number of pyridine rings is 1. The van der Waals surface area contributed by atoms with Gasteiger partial charge < -0.3 is 15.5 Å². The number of rotatable bonds is 2. The summed E-state index contributed by atoms with van der Waals surface area (Å²) in [6, 6.07) is 1.70. The number of nitrogens with zero attached hydrogens (tertiary/aromatic N) is 3. The van der Waals surface area contributed by atoms with Gasteiger partial charge in [-0.15, -0.1) is 0 Å². The van der Waals surface area contributed by atoms with Crippen LogP contribution in [0.4, 0.5) is 10.2 Å². The summed E-state index contributed by atoms with van der Waals surface area (Å²) >= 11 is 0. The van der Waals surface area contributed by atoms with E-state index in [4.69, 9.17) is 5.73 Å². The molecule has 2 heterocycles. The zero-order valence-electron chi connectivity index (χ0n) is 11.3. The fraction of sp³-hybridized carbons (Fsp3) is 0.538. The molecule has 2 rings (SSSR count). The minimum Gasteiger partial charge on any atom is -0.381 e. The molecule has 5 nitrogen and oxygen atoms in total. The number of likely N-dealkylation sites (tertiary alicyclic amines) is 1. The van der Waals surface area contributed by atoms with Crippen molar-refractivity contribution in [3.05, 3.63) is 23.6 Å². The first kappa shape index (κ1) is 13.7. The van der Waals surface area contributed by atoms with E-state index in [9.17, 15) is 9.18 Å². The molecule has 19 heavy (non-hydrogen) atoms. The Bertz CT molecular complexity index is 478. The van der Waals surface area contributed by atoms with E-state index in [-0.39, 0.29) is 17.3 Å². The summed E-state index contributed by atoms with van der Waals surface area (Å²) in [5.41, 5.74) is 5.40. The van der Waals surface area contributed by atoms with E-state index in [0.717, 1.165) is 12.8 Å². The third-order valence-electron chi connectivity index (χ3n) is 3.56. The zero-order chi connectivity index (χ0) is 14.0. The zero-order valence-corrected chi connectivity index (χ0v) is 11.3. The Morgan fingerprint density at radius 1 is 1.58 bits per heavy atom. The SMILES string of the molecule is CN(C)C1CCCN(C(=O)c2ccnc(N)c2F)C1.